The molecule has 1 N–H and O–H groups in total. The Bertz CT molecular complexity index is 817. The Hall–Kier alpha value is -1.87. The summed E-state index contributed by atoms with van der Waals surface area (Å²) in [6.07, 6.45) is 1.79. The molecule has 0 atom stereocenters. The molecule has 1 aromatic heterocycles. The zero-order valence-electron chi connectivity index (χ0n) is 11.3. The lowest BCUT2D eigenvalue weighted by molar-refractivity contribution is 0.104. The van der Waals surface area contributed by atoms with Crippen LogP contribution in [-0.2, 0) is 0 Å². The summed E-state index contributed by atoms with van der Waals surface area (Å²) in [7, 11) is 0. The first-order valence-corrected chi connectivity index (χ1v) is 7.24. The van der Waals surface area contributed by atoms with Crippen LogP contribution < -0.4 is 0 Å². The van der Waals surface area contributed by atoms with Gasteiger partial charge in [0, 0.05) is 32.7 Å². The van der Waals surface area contributed by atoms with Gasteiger partial charge in [-0.1, -0.05) is 28.1 Å². The number of aromatic amines is 1. The van der Waals surface area contributed by atoms with Crippen LogP contribution in [0, 0.1) is 13.8 Å². The van der Waals surface area contributed by atoms with E-state index < -0.39 is 0 Å². The molecule has 0 saturated heterocycles. The number of ketones is 1. The number of H-pyrrole nitrogens is 1. The van der Waals surface area contributed by atoms with E-state index in [0.717, 1.165) is 26.5 Å². The van der Waals surface area contributed by atoms with Gasteiger partial charge < -0.3 is 4.98 Å². The molecular formula is C17H14BrNO. The first kappa shape index (κ1) is 13.1. The van der Waals surface area contributed by atoms with Gasteiger partial charge in [0.15, 0.2) is 5.78 Å². The van der Waals surface area contributed by atoms with E-state index in [9.17, 15) is 4.79 Å². The van der Waals surface area contributed by atoms with Crippen molar-refractivity contribution in [1.29, 1.82) is 0 Å². The van der Waals surface area contributed by atoms with Gasteiger partial charge >= 0.3 is 0 Å². The number of fused-ring (bicyclic) bond motifs is 1. The number of carbonyl (C=O) groups is 1. The summed E-state index contributed by atoms with van der Waals surface area (Å²) in [6, 6.07) is 11.7. The van der Waals surface area contributed by atoms with E-state index in [1.165, 1.54) is 5.56 Å². The smallest absolute Gasteiger partial charge is 0.195 e. The molecule has 3 heteroatoms. The number of carbonyl (C=O) groups excluding carboxylic acids is 1. The zero-order valence-corrected chi connectivity index (χ0v) is 12.9. The number of hydrogen-bond acceptors (Lipinski definition) is 1. The van der Waals surface area contributed by atoms with Gasteiger partial charge in [0.1, 0.15) is 0 Å². The van der Waals surface area contributed by atoms with E-state index in [2.05, 4.69) is 20.9 Å². The molecule has 3 aromatic rings. The maximum atomic E-state index is 12.7. The fourth-order valence-corrected chi connectivity index (χ4v) is 2.68. The van der Waals surface area contributed by atoms with E-state index in [-0.39, 0.29) is 5.78 Å². The van der Waals surface area contributed by atoms with Crippen LogP contribution in [0.2, 0.25) is 0 Å². The van der Waals surface area contributed by atoms with Crippen molar-refractivity contribution in [3.8, 4) is 0 Å². The van der Waals surface area contributed by atoms with Crippen LogP contribution in [0.4, 0.5) is 0 Å². The summed E-state index contributed by atoms with van der Waals surface area (Å²) in [6.45, 7) is 4.07. The summed E-state index contributed by atoms with van der Waals surface area (Å²) < 4.78 is 0.971. The third-order valence-electron chi connectivity index (χ3n) is 3.66. The average molecular weight is 328 g/mol. The molecule has 3 rings (SSSR count). The van der Waals surface area contributed by atoms with Gasteiger partial charge in [-0.05, 0) is 49.2 Å². The molecule has 0 amide bonds. The van der Waals surface area contributed by atoms with Crippen LogP contribution in [0.5, 0.6) is 0 Å². The van der Waals surface area contributed by atoms with Crippen LogP contribution in [0.1, 0.15) is 27.0 Å². The summed E-state index contributed by atoms with van der Waals surface area (Å²) in [5.41, 5.74) is 4.75. The lowest BCUT2D eigenvalue weighted by atomic mass is 9.99. The van der Waals surface area contributed by atoms with Crippen LogP contribution in [0.25, 0.3) is 10.9 Å². The van der Waals surface area contributed by atoms with Crippen molar-refractivity contribution in [2.24, 2.45) is 0 Å². The average Bonchev–Trinajstić information content (AvgIpc) is 2.84. The van der Waals surface area contributed by atoms with Gasteiger partial charge in [0.2, 0.25) is 0 Å². The van der Waals surface area contributed by atoms with Crippen LogP contribution in [0.3, 0.4) is 0 Å². The lowest BCUT2D eigenvalue weighted by Crippen LogP contribution is -2.01. The van der Waals surface area contributed by atoms with Crippen molar-refractivity contribution >= 4 is 32.6 Å². The van der Waals surface area contributed by atoms with Crippen LogP contribution in [0.15, 0.2) is 47.1 Å². The molecule has 0 saturated carbocycles. The maximum absolute atomic E-state index is 12.7. The molecule has 1 heterocycles. The highest BCUT2D eigenvalue weighted by atomic mass is 79.9. The Labute approximate surface area is 126 Å². The quantitative estimate of drug-likeness (QED) is 0.675. The highest BCUT2D eigenvalue weighted by Crippen LogP contribution is 2.25. The van der Waals surface area contributed by atoms with Crippen LogP contribution >= 0.6 is 15.9 Å². The van der Waals surface area contributed by atoms with E-state index >= 15 is 0 Å². The zero-order chi connectivity index (χ0) is 14.3. The normalized spacial score (nSPS) is 10.9. The second-order valence-corrected chi connectivity index (χ2v) is 5.94. The molecule has 0 unspecified atom stereocenters. The molecule has 0 fully saturated rings. The fraction of sp³-hybridized carbons (Fsp3) is 0.118. The molecule has 2 aromatic carbocycles. The van der Waals surface area contributed by atoms with Gasteiger partial charge in [-0.3, -0.25) is 4.79 Å². The minimum Gasteiger partial charge on any atom is -0.360 e. The number of aromatic nitrogens is 1. The van der Waals surface area contributed by atoms with Crippen molar-refractivity contribution in [1.82, 2.24) is 4.98 Å². The molecule has 0 aliphatic carbocycles. The molecule has 0 spiro atoms. The predicted molar refractivity (Wildman–Crippen MR) is 85.3 cm³/mol. The Balaban J connectivity index is 2.12. The van der Waals surface area contributed by atoms with Crippen LogP contribution in [-0.4, -0.2) is 10.8 Å². The van der Waals surface area contributed by atoms with Gasteiger partial charge in [-0.2, -0.15) is 0 Å². The first-order chi connectivity index (χ1) is 9.56. The van der Waals surface area contributed by atoms with Gasteiger partial charge in [0.25, 0.3) is 0 Å². The minimum atomic E-state index is 0.0532. The topological polar surface area (TPSA) is 32.9 Å². The van der Waals surface area contributed by atoms with E-state index in [1.807, 2.05) is 50.2 Å². The first-order valence-electron chi connectivity index (χ1n) is 6.45. The van der Waals surface area contributed by atoms with E-state index in [0.29, 0.717) is 5.56 Å². The highest BCUT2D eigenvalue weighted by Gasteiger charge is 2.14. The monoisotopic (exact) mass is 327 g/mol. The third kappa shape index (κ3) is 2.18. The SMILES string of the molecule is Cc1ccc(C(=O)c2c[nH]c3ccc(Br)cc23)cc1C. The number of rotatable bonds is 2. The molecule has 2 nitrogen and oxygen atoms in total. The number of halogens is 1. The summed E-state index contributed by atoms with van der Waals surface area (Å²) in [5, 5.41) is 0.947. The summed E-state index contributed by atoms with van der Waals surface area (Å²) in [4.78, 5) is 15.8. The Morgan fingerprint density at radius 1 is 1.05 bits per heavy atom. The molecule has 20 heavy (non-hydrogen) atoms. The molecule has 100 valence electrons. The Kier molecular flexibility index (Phi) is 3.22. The molecular weight excluding hydrogens is 314 g/mol. The van der Waals surface area contributed by atoms with Crippen molar-refractivity contribution in [3.63, 3.8) is 0 Å². The largest absolute Gasteiger partial charge is 0.360 e. The summed E-state index contributed by atoms with van der Waals surface area (Å²) >= 11 is 3.45. The number of benzene rings is 2. The second kappa shape index (κ2) is 4.91. The number of hydrogen-bond donors (Lipinski definition) is 1. The second-order valence-electron chi connectivity index (χ2n) is 5.02. The van der Waals surface area contributed by atoms with Crippen molar-refractivity contribution in [3.05, 3.63) is 69.3 Å². The third-order valence-corrected chi connectivity index (χ3v) is 4.15. The van der Waals surface area contributed by atoms with Crippen molar-refractivity contribution in [2.75, 3.05) is 0 Å². The minimum absolute atomic E-state index is 0.0532. The number of nitrogens with one attached hydrogen (secondary N) is 1. The number of aryl methyl sites for hydroxylation is 2. The summed E-state index contributed by atoms with van der Waals surface area (Å²) in [5.74, 6) is 0.0532. The van der Waals surface area contributed by atoms with Crippen molar-refractivity contribution < 1.29 is 4.79 Å². The molecule has 0 aliphatic heterocycles. The maximum Gasteiger partial charge on any atom is 0.195 e. The van der Waals surface area contributed by atoms with Gasteiger partial charge in [0.05, 0.1) is 0 Å². The highest BCUT2D eigenvalue weighted by molar-refractivity contribution is 9.10. The van der Waals surface area contributed by atoms with E-state index in [1.54, 1.807) is 6.20 Å². The predicted octanol–water partition coefficient (Wildman–Crippen LogP) is 4.78. The van der Waals surface area contributed by atoms with Crippen molar-refractivity contribution in [2.45, 2.75) is 13.8 Å². The molecule has 0 aliphatic rings. The Morgan fingerprint density at radius 3 is 2.60 bits per heavy atom. The Morgan fingerprint density at radius 2 is 1.85 bits per heavy atom. The van der Waals surface area contributed by atoms with Gasteiger partial charge in [-0.15, -0.1) is 0 Å². The molecule has 0 radical (unpaired) electrons. The van der Waals surface area contributed by atoms with E-state index in [4.69, 9.17) is 0 Å². The standard InChI is InChI=1S/C17H14BrNO/c1-10-3-4-12(7-11(10)2)17(20)15-9-19-16-6-5-13(18)8-14(15)16/h3-9,19H,1-2H3. The molecule has 0 bridgehead atoms. The lowest BCUT2D eigenvalue weighted by Gasteiger charge is -2.04. The van der Waals surface area contributed by atoms with Gasteiger partial charge in [-0.25, -0.2) is 0 Å². The fourth-order valence-electron chi connectivity index (χ4n) is 2.32.